The Hall–Kier alpha value is -3.55. The average Bonchev–Trinajstić information content (AvgIpc) is 2.75. The minimum absolute atomic E-state index is 0.145. The molecule has 3 aromatic carbocycles. The van der Waals surface area contributed by atoms with Crippen LogP contribution in [0.5, 0.6) is 11.5 Å². The summed E-state index contributed by atoms with van der Waals surface area (Å²) < 4.78 is 10.8. The molecule has 0 unspecified atom stereocenters. The van der Waals surface area contributed by atoms with Gasteiger partial charge in [0.1, 0.15) is 11.5 Å². The SMILES string of the molecule is N#C/C(=C/c1ccc(OC(=O)CCOc2ccccc2)cc1)c1ccc(Cl)cc1. The summed E-state index contributed by atoms with van der Waals surface area (Å²) in [5, 5.41) is 10.0. The lowest BCUT2D eigenvalue weighted by atomic mass is 10.0. The van der Waals surface area contributed by atoms with E-state index in [2.05, 4.69) is 6.07 Å². The highest BCUT2D eigenvalue weighted by Gasteiger charge is 2.06. The summed E-state index contributed by atoms with van der Waals surface area (Å²) in [6.07, 6.45) is 1.91. The molecule has 0 bridgehead atoms. The van der Waals surface area contributed by atoms with Gasteiger partial charge in [0, 0.05) is 5.02 Å². The Balaban J connectivity index is 1.56. The van der Waals surface area contributed by atoms with E-state index in [0.717, 1.165) is 11.1 Å². The number of carbonyl (C=O) groups excluding carboxylic acids is 1. The van der Waals surface area contributed by atoms with Crippen LogP contribution in [-0.2, 0) is 4.79 Å². The number of hydrogen-bond acceptors (Lipinski definition) is 4. The summed E-state index contributed by atoms with van der Waals surface area (Å²) >= 11 is 5.89. The molecule has 0 aromatic heterocycles. The fourth-order valence-electron chi connectivity index (χ4n) is 2.56. The molecule has 0 spiro atoms. The maximum absolute atomic E-state index is 12.0. The van der Waals surface area contributed by atoms with Crippen LogP contribution in [0, 0.1) is 11.3 Å². The van der Waals surface area contributed by atoms with Gasteiger partial charge in [-0.1, -0.05) is 54.1 Å². The third-order valence-electron chi connectivity index (χ3n) is 4.02. The molecule has 0 N–H and O–H groups in total. The Morgan fingerprint density at radius 1 is 0.931 bits per heavy atom. The van der Waals surface area contributed by atoms with Gasteiger partial charge in [0.05, 0.1) is 24.7 Å². The second-order valence-electron chi connectivity index (χ2n) is 6.13. The van der Waals surface area contributed by atoms with Gasteiger partial charge in [0.25, 0.3) is 0 Å². The molecular formula is C24H18ClNO3. The predicted molar refractivity (Wildman–Crippen MR) is 114 cm³/mol. The molecule has 0 radical (unpaired) electrons. The largest absolute Gasteiger partial charge is 0.493 e. The number of rotatable bonds is 7. The number of para-hydroxylation sites is 1. The number of allylic oxidation sites excluding steroid dienone is 1. The lowest BCUT2D eigenvalue weighted by Gasteiger charge is -2.07. The summed E-state index contributed by atoms with van der Waals surface area (Å²) in [5.41, 5.74) is 2.12. The summed E-state index contributed by atoms with van der Waals surface area (Å²) in [6, 6.07) is 25.5. The molecule has 0 fully saturated rings. The summed E-state index contributed by atoms with van der Waals surface area (Å²) in [4.78, 5) is 12.0. The number of carbonyl (C=O) groups is 1. The molecule has 0 aliphatic heterocycles. The lowest BCUT2D eigenvalue weighted by molar-refractivity contribution is -0.134. The van der Waals surface area contributed by atoms with Crippen LogP contribution in [0.25, 0.3) is 11.6 Å². The molecule has 0 aliphatic rings. The van der Waals surface area contributed by atoms with Crippen LogP contribution >= 0.6 is 11.6 Å². The van der Waals surface area contributed by atoms with Crippen molar-refractivity contribution in [3.63, 3.8) is 0 Å². The van der Waals surface area contributed by atoms with Gasteiger partial charge in [-0.05, 0) is 53.6 Å². The molecule has 0 saturated heterocycles. The number of ether oxygens (including phenoxy) is 2. The molecular weight excluding hydrogens is 386 g/mol. The second kappa shape index (κ2) is 10.1. The molecule has 0 saturated carbocycles. The minimum Gasteiger partial charge on any atom is -0.493 e. The van der Waals surface area contributed by atoms with Crippen molar-refractivity contribution in [3.05, 3.63) is 95.0 Å². The van der Waals surface area contributed by atoms with E-state index in [-0.39, 0.29) is 19.0 Å². The Morgan fingerprint density at radius 2 is 1.62 bits per heavy atom. The van der Waals surface area contributed by atoms with Gasteiger partial charge in [0.2, 0.25) is 0 Å². The number of halogens is 1. The predicted octanol–water partition coefficient (Wildman–Crippen LogP) is 5.78. The van der Waals surface area contributed by atoms with Crippen molar-refractivity contribution in [2.45, 2.75) is 6.42 Å². The first-order valence-electron chi connectivity index (χ1n) is 9.00. The summed E-state index contributed by atoms with van der Waals surface area (Å²) in [7, 11) is 0. The van der Waals surface area contributed by atoms with E-state index in [9.17, 15) is 10.1 Å². The quantitative estimate of drug-likeness (QED) is 0.217. The summed E-state index contributed by atoms with van der Waals surface area (Å²) in [6.45, 7) is 0.246. The second-order valence-corrected chi connectivity index (χ2v) is 6.57. The molecule has 0 heterocycles. The Morgan fingerprint density at radius 3 is 2.28 bits per heavy atom. The zero-order valence-electron chi connectivity index (χ0n) is 15.5. The Kier molecular flexibility index (Phi) is 7.05. The molecule has 0 aliphatic carbocycles. The van der Waals surface area contributed by atoms with E-state index in [1.165, 1.54) is 0 Å². The molecule has 0 atom stereocenters. The average molecular weight is 404 g/mol. The molecule has 29 heavy (non-hydrogen) atoms. The van der Waals surface area contributed by atoms with Crippen molar-refractivity contribution in [1.29, 1.82) is 5.26 Å². The van der Waals surface area contributed by atoms with Crippen molar-refractivity contribution in [2.75, 3.05) is 6.61 Å². The van der Waals surface area contributed by atoms with Crippen LogP contribution < -0.4 is 9.47 Å². The number of hydrogen-bond donors (Lipinski definition) is 0. The van der Waals surface area contributed by atoms with Crippen molar-refractivity contribution >= 4 is 29.2 Å². The topological polar surface area (TPSA) is 59.3 Å². The normalized spacial score (nSPS) is 10.8. The minimum atomic E-state index is -0.372. The smallest absolute Gasteiger partial charge is 0.314 e. The van der Waals surface area contributed by atoms with Crippen molar-refractivity contribution in [2.24, 2.45) is 0 Å². The van der Waals surface area contributed by atoms with Gasteiger partial charge < -0.3 is 9.47 Å². The molecule has 144 valence electrons. The molecule has 0 amide bonds. The van der Waals surface area contributed by atoms with Gasteiger partial charge in [-0.2, -0.15) is 5.26 Å². The first-order chi connectivity index (χ1) is 14.1. The number of benzene rings is 3. The number of nitrogens with zero attached hydrogens (tertiary/aromatic N) is 1. The van der Waals surface area contributed by atoms with E-state index in [1.54, 1.807) is 54.6 Å². The van der Waals surface area contributed by atoms with E-state index in [4.69, 9.17) is 21.1 Å². The van der Waals surface area contributed by atoms with Crippen LogP contribution in [0.1, 0.15) is 17.5 Å². The highest BCUT2D eigenvalue weighted by molar-refractivity contribution is 6.30. The Labute approximate surface area is 174 Å². The van der Waals surface area contributed by atoms with Crippen molar-refractivity contribution in [1.82, 2.24) is 0 Å². The monoisotopic (exact) mass is 403 g/mol. The van der Waals surface area contributed by atoms with E-state index < -0.39 is 0 Å². The van der Waals surface area contributed by atoms with Gasteiger partial charge >= 0.3 is 5.97 Å². The zero-order valence-corrected chi connectivity index (χ0v) is 16.3. The third-order valence-corrected chi connectivity index (χ3v) is 4.27. The van der Waals surface area contributed by atoms with Crippen LogP contribution in [0.2, 0.25) is 5.02 Å². The zero-order chi connectivity index (χ0) is 20.5. The maximum Gasteiger partial charge on any atom is 0.314 e. The number of esters is 1. The molecule has 3 rings (SSSR count). The molecule has 4 nitrogen and oxygen atoms in total. The standard InChI is InChI=1S/C24H18ClNO3/c25-21-10-8-19(9-11-21)20(17-26)16-18-6-12-23(13-7-18)29-24(27)14-15-28-22-4-2-1-3-5-22/h1-13,16H,14-15H2/b20-16-. The van der Waals surface area contributed by atoms with Crippen LogP contribution in [0.15, 0.2) is 78.9 Å². The van der Waals surface area contributed by atoms with Gasteiger partial charge in [-0.15, -0.1) is 0 Å². The van der Waals surface area contributed by atoms with Crippen LogP contribution in [0.4, 0.5) is 0 Å². The first kappa shape index (κ1) is 20.2. The first-order valence-corrected chi connectivity index (χ1v) is 9.38. The molecule has 5 heteroatoms. The maximum atomic E-state index is 12.0. The number of nitriles is 1. The van der Waals surface area contributed by atoms with E-state index in [0.29, 0.717) is 22.1 Å². The van der Waals surface area contributed by atoms with E-state index >= 15 is 0 Å². The fourth-order valence-corrected chi connectivity index (χ4v) is 2.69. The highest BCUT2D eigenvalue weighted by atomic mass is 35.5. The van der Waals surface area contributed by atoms with Gasteiger partial charge in [-0.3, -0.25) is 4.79 Å². The summed E-state index contributed by atoms with van der Waals surface area (Å²) in [5.74, 6) is 0.783. The van der Waals surface area contributed by atoms with Crippen LogP contribution in [-0.4, -0.2) is 12.6 Å². The van der Waals surface area contributed by atoms with Crippen molar-refractivity contribution < 1.29 is 14.3 Å². The van der Waals surface area contributed by atoms with Gasteiger partial charge in [0.15, 0.2) is 0 Å². The molecule has 3 aromatic rings. The van der Waals surface area contributed by atoms with Gasteiger partial charge in [-0.25, -0.2) is 0 Å². The highest BCUT2D eigenvalue weighted by Crippen LogP contribution is 2.21. The van der Waals surface area contributed by atoms with E-state index in [1.807, 2.05) is 30.3 Å². The fraction of sp³-hybridized carbons (Fsp3) is 0.0833. The van der Waals surface area contributed by atoms with Crippen molar-refractivity contribution in [3.8, 4) is 17.6 Å². The van der Waals surface area contributed by atoms with Crippen LogP contribution in [0.3, 0.4) is 0 Å². The Bertz CT molecular complexity index is 1020. The third kappa shape index (κ3) is 6.24. The lowest BCUT2D eigenvalue weighted by Crippen LogP contribution is -2.12.